The van der Waals surface area contributed by atoms with Crippen molar-refractivity contribution in [2.75, 3.05) is 36.0 Å². The highest BCUT2D eigenvalue weighted by atomic mass is 16.3. The highest BCUT2D eigenvalue weighted by Gasteiger charge is 2.32. The summed E-state index contributed by atoms with van der Waals surface area (Å²) in [6, 6.07) is 13.8. The average Bonchev–Trinajstić information content (AvgIpc) is 2.91. The van der Waals surface area contributed by atoms with E-state index in [1.165, 1.54) is 0 Å². The van der Waals surface area contributed by atoms with Gasteiger partial charge in [0.25, 0.3) is 0 Å². The number of nitriles is 1. The Bertz CT molecular complexity index is 1280. The molecule has 3 N–H and O–H groups in total. The maximum absolute atomic E-state index is 13.3. The van der Waals surface area contributed by atoms with E-state index in [9.17, 15) is 9.90 Å². The van der Waals surface area contributed by atoms with Crippen LogP contribution in [0.3, 0.4) is 0 Å². The van der Waals surface area contributed by atoms with Gasteiger partial charge < -0.3 is 20.6 Å². The Morgan fingerprint density at radius 2 is 1.94 bits per heavy atom. The predicted molar refractivity (Wildman–Crippen MR) is 140 cm³/mol. The number of nitrogens with two attached hydrogens (primary N) is 1. The lowest BCUT2D eigenvalue weighted by Crippen LogP contribution is -2.55. The molecule has 0 saturated carbocycles. The second-order valence-electron chi connectivity index (χ2n) is 10.1. The highest BCUT2D eigenvalue weighted by molar-refractivity contribution is 5.98. The maximum atomic E-state index is 13.3. The van der Waals surface area contributed by atoms with Crippen molar-refractivity contribution < 1.29 is 9.90 Å². The number of pyridine rings is 2. The molecular weight excluding hydrogens is 452 g/mol. The van der Waals surface area contributed by atoms with E-state index in [0.29, 0.717) is 18.8 Å². The molecule has 2 saturated heterocycles. The molecule has 2 aromatic heterocycles. The Hall–Kier alpha value is -3.54. The third kappa shape index (κ3) is 4.90. The molecule has 0 radical (unpaired) electrons. The molecule has 0 unspecified atom stereocenters. The van der Waals surface area contributed by atoms with Crippen LogP contribution in [0.2, 0.25) is 0 Å². The Balaban J connectivity index is 1.35. The number of benzene rings is 1. The molecule has 8 nitrogen and oxygen atoms in total. The smallest absolute Gasteiger partial charge is 0.185 e. The molecule has 5 rings (SSSR count). The first-order valence-electron chi connectivity index (χ1n) is 12.6. The van der Waals surface area contributed by atoms with Crippen molar-refractivity contribution in [1.29, 1.82) is 5.26 Å². The van der Waals surface area contributed by atoms with E-state index in [2.05, 4.69) is 26.9 Å². The SMILES string of the molecule is C[C@H]1CN(c2ccncc2CC(=O)c2ccc3ccc(N4CCC(C#N)CC4)cc3n2)C[C@@H](N)[C@@H]1O. The molecule has 0 aliphatic carbocycles. The number of fused-ring (bicyclic) bond motifs is 1. The topological polar surface area (TPSA) is 119 Å². The number of anilines is 2. The summed E-state index contributed by atoms with van der Waals surface area (Å²) < 4.78 is 0. The van der Waals surface area contributed by atoms with Gasteiger partial charge in [0.15, 0.2) is 5.78 Å². The van der Waals surface area contributed by atoms with Crippen molar-refractivity contribution in [3.63, 3.8) is 0 Å². The molecule has 2 aliphatic heterocycles. The molecular formula is C28H32N6O2. The fraction of sp³-hybridized carbons (Fsp3) is 0.429. The zero-order valence-electron chi connectivity index (χ0n) is 20.5. The molecule has 0 amide bonds. The summed E-state index contributed by atoms with van der Waals surface area (Å²) in [5.41, 5.74) is 10.2. The van der Waals surface area contributed by atoms with Crippen molar-refractivity contribution in [2.24, 2.45) is 17.6 Å². The van der Waals surface area contributed by atoms with Crippen LogP contribution in [-0.4, -0.2) is 59.2 Å². The van der Waals surface area contributed by atoms with Gasteiger partial charge in [-0.1, -0.05) is 19.1 Å². The zero-order chi connectivity index (χ0) is 25.2. The number of nitrogens with zero attached hydrogens (tertiary/aromatic N) is 5. The van der Waals surface area contributed by atoms with Gasteiger partial charge in [0.1, 0.15) is 5.69 Å². The van der Waals surface area contributed by atoms with Gasteiger partial charge in [-0.3, -0.25) is 9.78 Å². The number of rotatable bonds is 5. The number of hydrogen-bond acceptors (Lipinski definition) is 8. The van der Waals surface area contributed by atoms with Gasteiger partial charge in [-0.25, -0.2) is 4.98 Å². The van der Waals surface area contributed by atoms with Crippen LogP contribution in [0.15, 0.2) is 48.8 Å². The molecule has 186 valence electrons. The lowest BCUT2D eigenvalue weighted by Gasteiger charge is -2.40. The van der Waals surface area contributed by atoms with E-state index >= 15 is 0 Å². The third-order valence-electron chi connectivity index (χ3n) is 7.53. The van der Waals surface area contributed by atoms with Gasteiger partial charge in [-0.15, -0.1) is 0 Å². The van der Waals surface area contributed by atoms with Crippen LogP contribution >= 0.6 is 0 Å². The minimum absolute atomic E-state index is 0.0347. The molecule has 36 heavy (non-hydrogen) atoms. The summed E-state index contributed by atoms with van der Waals surface area (Å²) in [5.74, 6) is 0.101. The molecule has 4 heterocycles. The van der Waals surface area contributed by atoms with Crippen molar-refractivity contribution in [3.05, 3.63) is 60.0 Å². The fourth-order valence-electron chi connectivity index (χ4n) is 5.36. The Morgan fingerprint density at radius 1 is 1.17 bits per heavy atom. The second kappa shape index (κ2) is 10.2. The van der Waals surface area contributed by atoms with Crippen LogP contribution in [0.4, 0.5) is 11.4 Å². The first-order valence-corrected chi connectivity index (χ1v) is 12.6. The lowest BCUT2D eigenvalue weighted by atomic mass is 9.92. The van der Waals surface area contributed by atoms with Gasteiger partial charge in [-0.2, -0.15) is 5.26 Å². The molecule has 2 fully saturated rings. The summed E-state index contributed by atoms with van der Waals surface area (Å²) in [5, 5.41) is 20.4. The Labute approximate surface area is 211 Å². The van der Waals surface area contributed by atoms with Crippen LogP contribution in [0, 0.1) is 23.2 Å². The number of Topliss-reactive ketones (excluding diaryl/α,β-unsaturated/α-hetero) is 1. The normalized spacial score (nSPS) is 23.0. The number of hydrogen-bond donors (Lipinski definition) is 2. The standard InChI is InChI=1S/C28H32N6O2/c1-18-16-34(17-23(30)28(18)36)26-6-9-31-15-21(26)12-27(35)24-5-3-20-2-4-22(13-25(20)32-24)33-10-7-19(14-29)8-11-33/h2-6,9,13,15,18-19,23,28,36H,7-8,10-12,16-17,30H2,1H3/t18-,23+,28+/m0/s1. The Kier molecular flexibility index (Phi) is 6.86. The van der Waals surface area contributed by atoms with Gasteiger partial charge >= 0.3 is 0 Å². The summed E-state index contributed by atoms with van der Waals surface area (Å²) in [6.45, 7) is 4.88. The first-order chi connectivity index (χ1) is 17.4. The number of aromatic nitrogens is 2. The number of aliphatic hydroxyl groups is 1. The van der Waals surface area contributed by atoms with E-state index in [1.807, 2.05) is 31.2 Å². The van der Waals surface area contributed by atoms with Crippen LogP contribution in [0.5, 0.6) is 0 Å². The first kappa shape index (κ1) is 24.2. The van der Waals surface area contributed by atoms with E-state index in [-0.39, 0.29) is 30.1 Å². The third-order valence-corrected chi connectivity index (χ3v) is 7.53. The largest absolute Gasteiger partial charge is 0.391 e. The zero-order valence-corrected chi connectivity index (χ0v) is 20.5. The molecule has 3 atom stereocenters. The van der Waals surface area contributed by atoms with E-state index < -0.39 is 6.10 Å². The molecule has 0 bridgehead atoms. The van der Waals surface area contributed by atoms with E-state index in [0.717, 1.165) is 53.8 Å². The monoisotopic (exact) mass is 484 g/mol. The van der Waals surface area contributed by atoms with Gasteiger partial charge in [-0.05, 0) is 37.1 Å². The molecule has 1 aromatic carbocycles. The van der Waals surface area contributed by atoms with Crippen LogP contribution in [0.1, 0.15) is 35.8 Å². The molecule has 0 spiro atoms. The minimum atomic E-state index is -0.530. The summed E-state index contributed by atoms with van der Waals surface area (Å²) >= 11 is 0. The summed E-state index contributed by atoms with van der Waals surface area (Å²) in [7, 11) is 0. The van der Waals surface area contributed by atoms with Crippen molar-refractivity contribution >= 4 is 28.1 Å². The average molecular weight is 485 g/mol. The number of ketones is 1. The highest BCUT2D eigenvalue weighted by Crippen LogP contribution is 2.28. The maximum Gasteiger partial charge on any atom is 0.185 e. The van der Waals surface area contributed by atoms with Gasteiger partial charge in [0, 0.05) is 85.2 Å². The Morgan fingerprint density at radius 3 is 2.69 bits per heavy atom. The van der Waals surface area contributed by atoms with Gasteiger partial charge in [0.2, 0.25) is 0 Å². The van der Waals surface area contributed by atoms with Crippen molar-refractivity contribution in [3.8, 4) is 6.07 Å². The van der Waals surface area contributed by atoms with Crippen LogP contribution < -0.4 is 15.5 Å². The lowest BCUT2D eigenvalue weighted by molar-refractivity contribution is 0.0784. The van der Waals surface area contributed by atoms with E-state index in [1.54, 1.807) is 18.5 Å². The molecule has 8 heteroatoms. The number of carbonyl (C=O) groups excluding carboxylic acids is 1. The van der Waals surface area contributed by atoms with Crippen molar-refractivity contribution in [1.82, 2.24) is 9.97 Å². The minimum Gasteiger partial charge on any atom is -0.391 e. The predicted octanol–water partition coefficient (Wildman–Crippen LogP) is 2.94. The second-order valence-corrected chi connectivity index (χ2v) is 10.1. The van der Waals surface area contributed by atoms with E-state index in [4.69, 9.17) is 16.0 Å². The van der Waals surface area contributed by atoms with Gasteiger partial charge in [0.05, 0.1) is 17.7 Å². The van der Waals surface area contributed by atoms with Crippen molar-refractivity contribution in [2.45, 2.75) is 38.3 Å². The van der Waals surface area contributed by atoms with Crippen LogP contribution in [-0.2, 0) is 6.42 Å². The summed E-state index contributed by atoms with van der Waals surface area (Å²) in [6.07, 6.45) is 4.85. The van der Waals surface area contributed by atoms with Crippen LogP contribution in [0.25, 0.3) is 10.9 Å². The molecule has 3 aromatic rings. The number of aliphatic hydroxyl groups excluding tert-OH is 1. The quantitative estimate of drug-likeness (QED) is 0.531. The summed E-state index contributed by atoms with van der Waals surface area (Å²) in [4.78, 5) is 26.7. The fourth-order valence-corrected chi connectivity index (χ4v) is 5.36. The molecule has 2 aliphatic rings. The number of carbonyl (C=O) groups is 1. The number of piperidine rings is 2.